The molecular weight excluding hydrogens is 323 g/mol. The molecule has 19 heavy (non-hydrogen) atoms. The molecule has 6 heteroatoms. The van der Waals surface area contributed by atoms with Crippen LogP contribution in [-0.4, -0.2) is 23.9 Å². The minimum Gasteiger partial charge on any atom is -0.339 e. The predicted molar refractivity (Wildman–Crippen MR) is 71.0 cm³/mol. The van der Waals surface area contributed by atoms with Gasteiger partial charge in [0.05, 0.1) is 11.1 Å². The highest BCUT2D eigenvalue weighted by Gasteiger charge is 2.32. The van der Waals surface area contributed by atoms with Crippen LogP contribution in [0.4, 0.5) is 13.2 Å². The Bertz CT molecular complexity index is 473. The lowest BCUT2D eigenvalue weighted by molar-refractivity contribution is -0.137. The molecule has 0 aliphatic heterocycles. The molecule has 0 heterocycles. The summed E-state index contributed by atoms with van der Waals surface area (Å²) in [6, 6.07) is 3.05. The van der Waals surface area contributed by atoms with Gasteiger partial charge in [-0.15, -0.1) is 0 Å². The highest BCUT2D eigenvalue weighted by Crippen LogP contribution is 2.32. The molecule has 0 spiro atoms. The maximum atomic E-state index is 12.6. The first-order valence-electron chi connectivity index (χ1n) is 5.82. The zero-order valence-electron chi connectivity index (χ0n) is 10.9. The maximum absolute atomic E-state index is 12.6. The highest BCUT2D eigenvalue weighted by molar-refractivity contribution is 9.10. The predicted octanol–water partition coefficient (Wildman–Crippen LogP) is 4.34. The van der Waals surface area contributed by atoms with Crippen LogP contribution in [0.1, 0.15) is 36.2 Å². The first-order chi connectivity index (χ1) is 8.68. The number of nitrogens with zero attached hydrogens (tertiary/aromatic N) is 1. The Kier molecular flexibility index (Phi) is 5.01. The van der Waals surface area contributed by atoms with Crippen molar-refractivity contribution in [1.29, 1.82) is 0 Å². The molecule has 1 rings (SSSR count). The standard InChI is InChI=1S/C13H15BrF3NO/c1-4-8(2)18(3)12(19)10-7-9(13(15,16)17)5-6-11(10)14/h5-8H,4H2,1-3H3. The molecule has 1 atom stereocenters. The Morgan fingerprint density at radius 2 is 2.00 bits per heavy atom. The third-order valence-corrected chi connectivity index (χ3v) is 3.79. The number of carbonyl (C=O) groups is 1. The normalized spacial score (nSPS) is 13.2. The molecule has 1 unspecified atom stereocenters. The van der Waals surface area contributed by atoms with Crippen molar-refractivity contribution >= 4 is 21.8 Å². The van der Waals surface area contributed by atoms with Crippen LogP contribution in [-0.2, 0) is 6.18 Å². The second kappa shape index (κ2) is 5.94. The topological polar surface area (TPSA) is 20.3 Å². The van der Waals surface area contributed by atoms with Crippen LogP contribution in [0, 0.1) is 0 Å². The van der Waals surface area contributed by atoms with Crippen LogP contribution >= 0.6 is 15.9 Å². The van der Waals surface area contributed by atoms with Gasteiger partial charge in [0.15, 0.2) is 0 Å². The van der Waals surface area contributed by atoms with Gasteiger partial charge < -0.3 is 4.90 Å². The average molecular weight is 338 g/mol. The number of hydrogen-bond acceptors (Lipinski definition) is 1. The van der Waals surface area contributed by atoms with Crippen molar-refractivity contribution in [3.05, 3.63) is 33.8 Å². The smallest absolute Gasteiger partial charge is 0.339 e. The number of halogens is 4. The van der Waals surface area contributed by atoms with Crippen LogP contribution in [0.15, 0.2) is 22.7 Å². The number of carbonyl (C=O) groups excluding carboxylic acids is 1. The Balaban J connectivity index is 3.16. The van der Waals surface area contributed by atoms with Crippen LogP contribution in [0.25, 0.3) is 0 Å². The molecule has 1 aromatic carbocycles. The van der Waals surface area contributed by atoms with Gasteiger partial charge in [0.2, 0.25) is 0 Å². The number of rotatable bonds is 3. The van der Waals surface area contributed by atoms with Crippen LogP contribution in [0.2, 0.25) is 0 Å². The molecule has 0 bridgehead atoms. The third kappa shape index (κ3) is 3.72. The molecular formula is C13H15BrF3NO. The van der Waals surface area contributed by atoms with Crippen molar-refractivity contribution in [1.82, 2.24) is 4.90 Å². The summed E-state index contributed by atoms with van der Waals surface area (Å²) in [4.78, 5) is 13.6. The van der Waals surface area contributed by atoms with Crippen LogP contribution < -0.4 is 0 Å². The summed E-state index contributed by atoms with van der Waals surface area (Å²) in [5.74, 6) is -0.424. The molecule has 0 fully saturated rings. The quantitative estimate of drug-likeness (QED) is 0.803. The monoisotopic (exact) mass is 337 g/mol. The summed E-state index contributed by atoms with van der Waals surface area (Å²) < 4.78 is 38.3. The molecule has 0 N–H and O–H groups in total. The molecule has 0 saturated heterocycles. The number of hydrogen-bond donors (Lipinski definition) is 0. The summed E-state index contributed by atoms with van der Waals surface area (Å²) in [5, 5.41) is 0. The van der Waals surface area contributed by atoms with E-state index < -0.39 is 17.6 Å². The molecule has 0 radical (unpaired) electrons. The zero-order valence-corrected chi connectivity index (χ0v) is 12.5. The molecule has 0 saturated carbocycles. The number of amides is 1. The molecule has 2 nitrogen and oxygen atoms in total. The molecule has 106 valence electrons. The van der Waals surface area contributed by atoms with E-state index in [1.54, 1.807) is 7.05 Å². The van der Waals surface area contributed by atoms with E-state index in [1.165, 1.54) is 11.0 Å². The summed E-state index contributed by atoms with van der Waals surface area (Å²) in [6.07, 6.45) is -3.72. The van der Waals surface area contributed by atoms with Gasteiger partial charge in [-0.3, -0.25) is 4.79 Å². The number of alkyl halides is 3. The van der Waals surface area contributed by atoms with Crippen molar-refractivity contribution in [3.8, 4) is 0 Å². The minimum atomic E-state index is -4.45. The Labute approximate surface area is 118 Å². The lowest BCUT2D eigenvalue weighted by atomic mass is 10.1. The summed E-state index contributed by atoms with van der Waals surface area (Å²) in [5.41, 5.74) is -0.797. The second-order valence-corrected chi connectivity index (χ2v) is 5.22. The van der Waals surface area contributed by atoms with Gasteiger partial charge >= 0.3 is 6.18 Å². The maximum Gasteiger partial charge on any atom is 0.416 e. The lowest BCUT2D eigenvalue weighted by Gasteiger charge is -2.24. The molecule has 1 amide bonds. The van der Waals surface area contributed by atoms with Gasteiger partial charge in [0.1, 0.15) is 0 Å². The Morgan fingerprint density at radius 3 is 2.47 bits per heavy atom. The van der Waals surface area contributed by atoms with E-state index in [4.69, 9.17) is 0 Å². The fourth-order valence-corrected chi connectivity index (χ4v) is 1.95. The van der Waals surface area contributed by atoms with E-state index in [2.05, 4.69) is 15.9 Å². The lowest BCUT2D eigenvalue weighted by Crippen LogP contribution is -2.34. The molecule has 0 aromatic heterocycles. The fraction of sp³-hybridized carbons (Fsp3) is 0.462. The van der Waals surface area contributed by atoms with E-state index >= 15 is 0 Å². The van der Waals surface area contributed by atoms with Gasteiger partial charge in [-0.05, 0) is 47.5 Å². The second-order valence-electron chi connectivity index (χ2n) is 4.37. The van der Waals surface area contributed by atoms with Crippen LogP contribution in [0.5, 0.6) is 0 Å². The van der Waals surface area contributed by atoms with Crippen molar-refractivity contribution in [2.75, 3.05) is 7.05 Å². The summed E-state index contributed by atoms with van der Waals surface area (Å²) >= 11 is 3.12. The largest absolute Gasteiger partial charge is 0.416 e. The van der Waals surface area contributed by atoms with Crippen molar-refractivity contribution in [2.45, 2.75) is 32.5 Å². The Morgan fingerprint density at radius 1 is 1.42 bits per heavy atom. The van der Waals surface area contributed by atoms with E-state index in [0.29, 0.717) is 4.47 Å². The van der Waals surface area contributed by atoms with Crippen molar-refractivity contribution < 1.29 is 18.0 Å². The van der Waals surface area contributed by atoms with Gasteiger partial charge in [0.25, 0.3) is 5.91 Å². The SMILES string of the molecule is CCC(C)N(C)C(=O)c1cc(C(F)(F)F)ccc1Br. The summed E-state index contributed by atoms with van der Waals surface area (Å²) in [7, 11) is 1.59. The van der Waals surface area contributed by atoms with E-state index in [1.807, 2.05) is 13.8 Å². The molecule has 0 aliphatic carbocycles. The Hall–Kier alpha value is -1.04. The van der Waals surface area contributed by atoms with Crippen molar-refractivity contribution in [2.24, 2.45) is 0 Å². The zero-order chi connectivity index (χ0) is 14.8. The highest BCUT2D eigenvalue weighted by atomic mass is 79.9. The van der Waals surface area contributed by atoms with Gasteiger partial charge in [0, 0.05) is 17.6 Å². The van der Waals surface area contributed by atoms with Crippen molar-refractivity contribution in [3.63, 3.8) is 0 Å². The first kappa shape index (κ1) is 16.0. The third-order valence-electron chi connectivity index (χ3n) is 3.10. The molecule has 1 aromatic rings. The van der Waals surface area contributed by atoms with Crippen LogP contribution in [0.3, 0.4) is 0 Å². The number of benzene rings is 1. The first-order valence-corrected chi connectivity index (χ1v) is 6.61. The average Bonchev–Trinajstić information content (AvgIpc) is 2.35. The van der Waals surface area contributed by atoms with Gasteiger partial charge in [-0.25, -0.2) is 0 Å². The van der Waals surface area contributed by atoms with E-state index in [0.717, 1.165) is 18.6 Å². The van der Waals surface area contributed by atoms with E-state index in [9.17, 15) is 18.0 Å². The fourth-order valence-electron chi connectivity index (χ4n) is 1.53. The molecule has 0 aliphatic rings. The van der Waals surface area contributed by atoms with Gasteiger partial charge in [-0.2, -0.15) is 13.2 Å². The minimum absolute atomic E-state index is 0.0256. The van der Waals surface area contributed by atoms with Gasteiger partial charge in [-0.1, -0.05) is 6.92 Å². The summed E-state index contributed by atoms with van der Waals surface area (Å²) in [6.45, 7) is 3.76. The van der Waals surface area contributed by atoms with E-state index in [-0.39, 0.29) is 11.6 Å².